The van der Waals surface area contributed by atoms with Crippen LogP contribution in [0.15, 0.2) is 0 Å². The maximum atomic E-state index is 12.6. The highest BCUT2D eigenvalue weighted by Crippen LogP contribution is 2.37. The molecule has 1 heterocycles. The van der Waals surface area contributed by atoms with Crippen molar-refractivity contribution in [2.45, 2.75) is 38.5 Å². The van der Waals surface area contributed by atoms with Gasteiger partial charge in [-0.2, -0.15) is 5.26 Å². The molecule has 2 fully saturated rings. The van der Waals surface area contributed by atoms with Crippen LogP contribution in [0.3, 0.4) is 0 Å². The lowest BCUT2D eigenvalue weighted by Crippen LogP contribution is -2.44. The third-order valence-electron chi connectivity index (χ3n) is 4.70. The van der Waals surface area contributed by atoms with E-state index in [0.717, 1.165) is 58.2 Å². The van der Waals surface area contributed by atoms with Gasteiger partial charge in [-0.1, -0.05) is 19.3 Å². The van der Waals surface area contributed by atoms with Crippen molar-refractivity contribution in [3.63, 3.8) is 0 Å². The highest BCUT2D eigenvalue weighted by molar-refractivity contribution is 5.85. The smallest absolute Gasteiger partial charge is 0.242 e. The molecule has 2 rings (SSSR count). The predicted molar refractivity (Wildman–Crippen MR) is 74.4 cm³/mol. The molecule has 0 aromatic heterocycles. The number of carbonyl (C=O) groups is 1. The van der Waals surface area contributed by atoms with E-state index in [1.54, 1.807) is 0 Å². The topological polar surface area (TPSA) is 47.3 Å². The first-order chi connectivity index (χ1) is 9.07. The minimum absolute atomic E-state index is 0.0595. The summed E-state index contributed by atoms with van der Waals surface area (Å²) in [6, 6.07) is 2.33. The van der Waals surface area contributed by atoms with Crippen molar-refractivity contribution < 1.29 is 4.79 Å². The van der Waals surface area contributed by atoms with Gasteiger partial charge in [0.1, 0.15) is 5.41 Å². The highest BCUT2D eigenvalue weighted by Gasteiger charge is 2.42. The second-order valence-electron chi connectivity index (χ2n) is 6.36. The maximum Gasteiger partial charge on any atom is 0.242 e. The molecule has 1 aliphatic heterocycles. The van der Waals surface area contributed by atoms with Crippen molar-refractivity contribution in [3.05, 3.63) is 0 Å². The summed E-state index contributed by atoms with van der Waals surface area (Å²) in [6.45, 7) is 2.99. The first-order valence-corrected chi connectivity index (χ1v) is 7.43. The summed E-state index contributed by atoms with van der Waals surface area (Å²) >= 11 is 0. The van der Waals surface area contributed by atoms with Crippen LogP contribution in [0.1, 0.15) is 38.5 Å². The summed E-state index contributed by atoms with van der Waals surface area (Å²) < 4.78 is 0. The molecule has 1 amide bonds. The number of carbonyl (C=O) groups excluding carboxylic acids is 1. The highest BCUT2D eigenvalue weighted by atomic mass is 16.2. The zero-order chi connectivity index (χ0) is 13.9. The second kappa shape index (κ2) is 5.92. The standard InChI is InChI=1S/C15H25N3O/c1-17-9-6-13(10-17)11-18(2)14(19)15(12-16)7-4-3-5-8-15/h13H,3-11H2,1-2H3/t13-/m0/s1. The average Bonchev–Trinajstić information content (AvgIpc) is 2.84. The van der Waals surface area contributed by atoms with Gasteiger partial charge in [0.05, 0.1) is 6.07 Å². The number of amides is 1. The lowest BCUT2D eigenvalue weighted by molar-refractivity contribution is -0.139. The Balaban J connectivity index is 1.95. The summed E-state index contributed by atoms with van der Waals surface area (Å²) in [7, 11) is 3.99. The molecule has 19 heavy (non-hydrogen) atoms. The van der Waals surface area contributed by atoms with Crippen molar-refractivity contribution >= 4 is 5.91 Å². The molecule has 4 nitrogen and oxygen atoms in total. The fraction of sp³-hybridized carbons (Fsp3) is 0.867. The van der Waals surface area contributed by atoms with Crippen LogP contribution in [0.4, 0.5) is 0 Å². The molecule has 0 N–H and O–H groups in total. The number of hydrogen-bond acceptors (Lipinski definition) is 3. The quantitative estimate of drug-likeness (QED) is 0.781. The van der Waals surface area contributed by atoms with Gasteiger partial charge in [0.15, 0.2) is 0 Å². The van der Waals surface area contributed by atoms with Crippen LogP contribution in [-0.4, -0.2) is 49.4 Å². The molecule has 0 aromatic rings. The molecule has 0 aromatic carbocycles. The Morgan fingerprint density at radius 1 is 1.42 bits per heavy atom. The molecule has 0 unspecified atom stereocenters. The molecule has 1 atom stereocenters. The third kappa shape index (κ3) is 3.09. The van der Waals surface area contributed by atoms with Gasteiger partial charge in [-0.25, -0.2) is 0 Å². The Morgan fingerprint density at radius 2 is 2.11 bits per heavy atom. The molecule has 2 aliphatic rings. The van der Waals surface area contributed by atoms with Crippen LogP contribution >= 0.6 is 0 Å². The molecular weight excluding hydrogens is 238 g/mol. The van der Waals surface area contributed by atoms with E-state index in [1.807, 2.05) is 11.9 Å². The Morgan fingerprint density at radius 3 is 2.63 bits per heavy atom. The Labute approximate surface area is 116 Å². The van der Waals surface area contributed by atoms with Crippen LogP contribution in [0.5, 0.6) is 0 Å². The molecule has 1 saturated heterocycles. The summed E-state index contributed by atoms with van der Waals surface area (Å²) in [4.78, 5) is 16.7. The SMILES string of the molecule is CN1CC[C@H](CN(C)C(=O)C2(C#N)CCCCC2)C1. The van der Waals surface area contributed by atoms with Gasteiger partial charge >= 0.3 is 0 Å². The van der Waals surface area contributed by atoms with E-state index in [1.165, 1.54) is 0 Å². The number of likely N-dealkylation sites (tertiary alicyclic amines) is 1. The van der Waals surface area contributed by atoms with E-state index in [4.69, 9.17) is 0 Å². The first kappa shape index (κ1) is 14.3. The van der Waals surface area contributed by atoms with E-state index in [-0.39, 0.29) is 5.91 Å². The van der Waals surface area contributed by atoms with Crippen LogP contribution < -0.4 is 0 Å². The zero-order valence-electron chi connectivity index (χ0n) is 12.2. The third-order valence-corrected chi connectivity index (χ3v) is 4.70. The van der Waals surface area contributed by atoms with E-state index >= 15 is 0 Å². The van der Waals surface area contributed by atoms with Gasteiger partial charge in [0, 0.05) is 20.1 Å². The molecule has 0 spiro atoms. The first-order valence-electron chi connectivity index (χ1n) is 7.43. The lowest BCUT2D eigenvalue weighted by Gasteiger charge is -2.34. The number of rotatable bonds is 3. The van der Waals surface area contributed by atoms with Crippen LogP contribution in [-0.2, 0) is 4.79 Å². The molecular formula is C15H25N3O. The van der Waals surface area contributed by atoms with E-state index in [9.17, 15) is 10.1 Å². The lowest BCUT2D eigenvalue weighted by atomic mass is 9.74. The van der Waals surface area contributed by atoms with Crippen molar-refractivity contribution in [2.75, 3.05) is 33.7 Å². The van der Waals surface area contributed by atoms with Gasteiger partial charge in [-0.05, 0) is 38.8 Å². The fourth-order valence-electron chi connectivity index (χ4n) is 3.54. The summed E-state index contributed by atoms with van der Waals surface area (Å²) in [6.07, 6.45) is 5.84. The molecule has 0 radical (unpaired) electrons. The van der Waals surface area contributed by atoms with Crippen molar-refractivity contribution in [3.8, 4) is 6.07 Å². The predicted octanol–water partition coefficient (Wildman–Crippen LogP) is 1.87. The minimum atomic E-state index is -0.725. The van der Waals surface area contributed by atoms with Crippen molar-refractivity contribution in [1.82, 2.24) is 9.80 Å². The molecule has 0 bridgehead atoms. The van der Waals surface area contributed by atoms with Gasteiger partial charge in [-0.3, -0.25) is 4.79 Å². The normalized spacial score (nSPS) is 26.9. The van der Waals surface area contributed by atoms with Gasteiger partial charge in [-0.15, -0.1) is 0 Å². The fourth-order valence-corrected chi connectivity index (χ4v) is 3.54. The van der Waals surface area contributed by atoms with Gasteiger partial charge in [0.25, 0.3) is 0 Å². The van der Waals surface area contributed by atoms with Crippen LogP contribution in [0.2, 0.25) is 0 Å². The second-order valence-corrected chi connectivity index (χ2v) is 6.36. The van der Waals surface area contributed by atoms with E-state index in [0.29, 0.717) is 5.92 Å². The number of nitriles is 1. The molecule has 1 saturated carbocycles. The summed E-state index contributed by atoms with van der Waals surface area (Å²) in [5.41, 5.74) is -0.725. The maximum absolute atomic E-state index is 12.6. The summed E-state index contributed by atoms with van der Waals surface area (Å²) in [5.74, 6) is 0.627. The van der Waals surface area contributed by atoms with E-state index < -0.39 is 5.41 Å². The largest absolute Gasteiger partial charge is 0.344 e. The van der Waals surface area contributed by atoms with Crippen LogP contribution in [0.25, 0.3) is 0 Å². The monoisotopic (exact) mass is 263 g/mol. The molecule has 106 valence electrons. The zero-order valence-corrected chi connectivity index (χ0v) is 12.2. The Kier molecular flexibility index (Phi) is 4.46. The van der Waals surface area contributed by atoms with E-state index in [2.05, 4.69) is 18.0 Å². The van der Waals surface area contributed by atoms with Crippen molar-refractivity contribution in [1.29, 1.82) is 5.26 Å². The van der Waals surface area contributed by atoms with Crippen LogP contribution in [0, 0.1) is 22.7 Å². The Hall–Kier alpha value is -1.08. The number of nitrogens with zero attached hydrogens (tertiary/aromatic N) is 3. The summed E-state index contributed by atoms with van der Waals surface area (Å²) in [5, 5.41) is 9.46. The molecule has 4 heteroatoms. The van der Waals surface area contributed by atoms with Gasteiger partial charge in [0.2, 0.25) is 5.91 Å². The Bertz CT molecular complexity index is 368. The van der Waals surface area contributed by atoms with Gasteiger partial charge < -0.3 is 9.80 Å². The minimum Gasteiger partial charge on any atom is -0.344 e. The van der Waals surface area contributed by atoms with Crippen molar-refractivity contribution in [2.24, 2.45) is 11.3 Å². The average molecular weight is 263 g/mol. The molecule has 1 aliphatic carbocycles. The number of hydrogen-bond donors (Lipinski definition) is 0.